The monoisotopic (exact) mass is 279 g/mol. The zero-order chi connectivity index (χ0) is 13.5. The predicted octanol–water partition coefficient (Wildman–Crippen LogP) is 2.81. The minimum absolute atomic E-state index is 0.0323. The van der Waals surface area contributed by atoms with Crippen molar-refractivity contribution in [3.8, 4) is 0 Å². The molecule has 0 bridgehead atoms. The van der Waals surface area contributed by atoms with E-state index in [9.17, 15) is 4.79 Å². The lowest BCUT2D eigenvalue weighted by Crippen LogP contribution is -2.46. The summed E-state index contributed by atoms with van der Waals surface area (Å²) in [4.78, 5) is 15.3. The van der Waals surface area contributed by atoms with Crippen molar-refractivity contribution in [3.63, 3.8) is 0 Å². The molecule has 3 nitrogen and oxygen atoms in total. The largest absolute Gasteiger partial charge is 0.468 e. The number of hydrogen-bond donors (Lipinski definition) is 0. The van der Waals surface area contributed by atoms with Crippen LogP contribution in [0.25, 0.3) is 0 Å². The summed E-state index contributed by atoms with van der Waals surface area (Å²) in [6.45, 7) is 1.95. The molecule has 0 amide bonds. The Balaban J connectivity index is 1.81. The number of methoxy groups -OCH3 is 1. The quantitative estimate of drug-likeness (QED) is 0.612. The standard InChI is InChI=1S/C15H21NO2S/c1-18-15(17)14-9-5-6-10-16(14)11-12-19-13-7-3-2-4-8-13/h2-4,7-8,14H,5-6,9-12H2,1H3/t14-/m1/s1. The molecule has 0 radical (unpaired) electrons. The number of likely N-dealkylation sites (tertiary alicyclic amines) is 1. The van der Waals surface area contributed by atoms with Crippen LogP contribution in [0.2, 0.25) is 0 Å². The highest BCUT2D eigenvalue weighted by Crippen LogP contribution is 2.21. The third-order valence-corrected chi connectivity index (χ3v) is 4.47. The summed E-state index contributed by atoms with van der Waals surface area (Å²) in [6, 6.07) is 10.4. The van der Waals surface area contributed by atoms with Crippen molar-refractivity contribution < 1.29 is 9.53 Å². The Labute approximate surface area is 119 Å². The van der Waals surface area contributed by atoms with Gasteiger partial charge in [0.15, 0.2) is 0 Å². The molecule has 0 saturated carbocycles. The van der Waals surface area contributed by atoms with Gasteiger partial charge in [0.25, 0.3) is 0 Å². The lowest BCUT2D eigenvalue weighted by molar-refractivity contribution is -0.148. The van der Waals surface area contributed by atoms with E-state index in [1.54, 1.807) is 0 Å². The normalized spacial score (nSPS) is 20.2. The number of piperidine rings is 1. The van der Waals surface area contributed by atoms with Gasteiger partial charge in [0.05, 0.1) is 7.11 Å². The second-order valence-corrected chi connectivity index (χ2v) is 5.90. The van der Waals surface area contributed by atoms with Crippen LogP contribution in [0.15, 0.2) is 35.2 Å². The van der Waals surface area contributed by atoms with E-state index < -0.39 is 0 Å². The van der Waals surface area contributed by atoms with Crippen molar-refractivity contribution in [3.05, 3.63) is 30.3 Å². The van der Waals surface area contributed by atoms with E-state index in [0.29, 0.717) is 0 Å². The van der Waals surface area contributed by atoms with Gasteiger partial charge in [0, 0.05) is 17.2 Å². The van der Waals surface area contributed by atoms with Crippen molar-refractivity contribution in [2.24, 2.45) is 0 Å². The zero-order valence-electron chi connectivity index (χ0n) is 11.4. The highest BCUT2D eigenvalue weighted by atomic mass is 32.2. The molecular formula is C15H21NO2S. The third kappa shape index (κ3) is 4.25. The molecule has 1 atom stereocenters. The van der Waals surface area contributed by atoms with Crippen molar-refractivity contribution in [1.29, 1.82) is 0 Å². The number of carbonyl (C=O) groups excluding carboxylic acids is 1. The van der Waals surface area contributed by atoms with Gasteiger partial charge in [0.2, 0.25) is 0 Å². The van der Waals surface area contributed by atoms with Crippen LogP contribution in [-0.2, 0) is 9.53 Å². The van der Waals surface area contributed by atoms with Gasteiger partial charge in [-0.25, -0.2) is 0 Å². The van der Waals surface area contributed by atoms with Gasteiger partial charge in [-0.1, -0.05) is 24.6 Å². The Morgan fingerprint density at radius 1 is 1.37 bits per heavy atom. The lowest BCUT2D eigenvalue weighted by atomic mass is 10.0. The molecule has 0 aromatic heterocycles. The van der Waals surface area contributed by atoms with Crippen LogP contribution in [0.5, 0.6) is 0 Å². The number of benzene rings is 1. The second-order valence-electron chi connectivity index (χ2n) is 4.73. The molecule has 1 aromatic rings. The second kappa shape index (κ2) is 7.56. The van der Waals surface area contributed by atoms with Gasteiger partial charge in [-0.3, -0.25) is 9.69 Å². The maximum atomic E-state index is 11.7. The van der Waals surface area contributed by atoms with Crippen molar-refractivity contribution in [2.45, 2.75) is 30.2 Å². The smallest absolute Gasteiger partial charge is 0.323 e. The van der Waals surface area contributed by atoms with E-state index in [0.717, 1.165) is 31.7 Å². The first-order chi connectivity index (χ1) is 9.31. The van der Waals surface area contributed by atoms with E-state index >= 15 is 0 Å². The number of thioether (sulfide) groups is 1. The molecule has 0 spiro atoms. The van der Waals surface area contributed by atoms with Crippen LogP contribution < -0.4 is 0 Å². The summed E-state index contributed by atoms with van der Waals surface area (Å²) in [6.07, 6.45) is 3.24. The van der Waals surface area contributed by atoms with Crippen LogP contribution in [0.3, 0.4) is 0 Å². The number of hydrogen-bond acceptors (Lipinski definition) is 4. The molecule has 2 rings (SSSR count). The summed E-state index contributed by atoms with van der Waals surface area (Å²) in [5.41, 5.74) is 0. The summed E-state index contributed by atoms with van der Waals surface area (Å²) in [5.74, 6) is 0.932. The third-order valence-electron chi connectivity index (χ3n) is 3.48. The fourth-order valence-electron chi connectivity index (χ4n) is 2.46. The molecule has 1 saturated heterocycles. The Kier molecular flexibility index (Phi) is 5.73. The van der Waals surface area contributed by atoms with Crippen molar-refractivity contribution >= 4 is 17.7 Å². The summed E-state index contributed by atoms with van der Waals surface area (Å²) in [7, 11) is 1.48. The van der Waals surface area contributed by atoms with E-state index in [4.69, 9.17) is 4.74 Å². The first kappa shape index (κ1) is 14.4. The van der Waals surface area contributed by atoms with Crippen LogP contribution in [0.1, 0.15) is 19.3 Å². The van der Waals surface area contributed by atoms with Gasteiger partial charge in [-0.15, -0.1) is 11.8 Å². The molecule has 0 unspecified atom stereocenters. The topological polar surface area (TPSA) is 29.5 Å². The van der Waals surface area contributed by atoms with E-state index in [-0.39, 0.29) is 12.0 Å². The number of carbonyl (C=O) groups is 1. The SMILES string of the molecule is COC(=O)[C@H]1CCCCN1CCSc1ccccc1. The Hall–Kier alpha value is -1.00. The maximum Gasteiger partial charge on any atom is 0.323 e. The van der Waals surface area contributed by atoms with Crippen molar-refractivity contribution in [2.75, 3.05) is 26.0 Å². The molecule has 4 heteroatoms. The molecule has 0 N–H and O–H groups in total. The fraction of sp³-hybridized carbons (Fsp3) is 0.533. The summed E-state index contributed by atoms with van der Waals surface area (Å²) < 4.78 is 4.90. The molecule has 1 aliphatic heterocycles. The minimum atomic E-state index is -0.0792. The molecule has 1 aliphatic rings. The van der Waals surface area contributed by atoms with Gasteiger partial charge in [-0.05, 0) is 31.5 Å². The van der Waals surface area contributed by atoms with Gasteiger partial charge < -0.3 is 4.74 Å². The van der Waals surface area contributed by atoms with Gasteiger partial charge >= 0.3 is 5.97 Å². The molecule has 104 valence electrons. The number of ether oxygens (including phenoxy) is 1. The first-order valence-electron chi connectivity index (χ1n) is 6.81. The molecule has 1 heterocycles. The van der Waals surface area contributed by atoms with Crippen LogP contribution in [0.4, 0.5) is 0 Å². The lowest BCUT2D eigenvalue weighted by Gasteiger charge is -2.33. The summed E-state index contributed by atoms with van der Waals surface area (Å²) >= 11 is 1.84. The Bertz CT molecular complexity index is 396. The first-order valence-corrected chi connectivity index (χ1v) is 7.79. The number of rotatable bonds is 5. The van der Waals surface area contributed by atoms with Crippen LogP contribution in [0, 0.1) is 0 Å². The van der Waals surface area contributed by atoms with E-state index in [1.807, 2.05) is 17.8 Å². The van der Waals surface area contributed by atoms with Crippen LogP contribution in [-0.4, -0.2) is 42.9 Å². The highest BCUT2D eigenvalue weighted by Gasteiger charge is 2.28. The highest BCUT2D eigenvalue weighted by molar-refractivity contribution is 7.99. The van der Waals surface area contributed by atoms with Crippen LogP contribution >= 0.6 is 11.8 Å². The predicted molar refractivity (Wildman–Crippen MR) is 78.4 cm³/mol. The number of nitrogens with zero attached hydrogens (tertiary/aromatic N) is 1. The Morgan fingerprint density at radius 2 is 2.16 bits per heavy atom. The minimum Gasteiger partial charge on any atom is -0.468 e. The van der Waals surface area contributed by atoms with Gasteiger partial charge in [-0.2, -0.15) is 0 Å². The average molecular weight is 279 g/mol. The molecule has 19 heavy (non-hydrogen) atoms. The molecular weight excluding hydrogens is 258 g/mol. The fourth-order valence-corrected chi connectivity index (χ4v) is 3.37. The van der Waals surface area contributed by atoms with E-state index in [1.165, 1.54) is 18.4 Å². The van der Waals surface area contributed by atoms with Crippen molar-refractivity contribution in [1.82, 2.24) is 4.90 Å². The number of esters is 1. The Morgan fingerprint density at radius 3 is 2.89 bits per heavy atom. The average Bonchev–Trinajstić information content (AvgIpc) is 2.48. The molecule has 0 aliphatic carbocycles. The molecule has 1 aromatic carbocycles. The van der Waals surface area contributed by atoms with Gasteiger partial charge in [0.1, 0.15) is 6.04 Å². The maximum absolute atomic E-state index is 11.7. The zero-order valence-corrected chi connectivity index (χ0v) is 12.2. The summed E-state index contributed by atoms with van der Waals surface area (Å²) in [5, 5.41) is 0. The molecule has 1 fully saturated rings. The van der Waals surface area contributed by atoms with E-state index in [2.05, 4.69) is 29.2 Å².